The van der Waals surface area contributed by atoms with E-state index in [4.69, 9.17) is 0 Å². The number of rotatable bonds is 4. The molecule has 0 aliphatic heterocycles. The van der Waals surface area contributed by atoms with Crippen LogP contribution in [0.4, 0.5) is 0 Å². The lowest BCUT2D eigenvalue weighted by molar-refractivity contribution is 0.793. The normalized spacial score (nSPS) is 10.2. The van der Waals surface area contributed by atoms with Gasteiger partial charge in [0.15, 0.2) is 0 Å². The van der Waals surface area contributed by atoms with E-state index in [1.807, 2.05) is 11.3 Å². The molecule has 0 N–H and O–H groups in total. The average Bonchev–Trinajstić information content (AvgIpc) is 3.05. The smallest absolute Gasteiger partial charge is 0.0956 e. The third-order valence-electron chi connectivity index (χ3n) is 3.49. The third-order valence-corrected chi connectivity index (χ3v) is 6.41. The Bertz CT molecular complexity index is 571. The third kappa shape index (κ3) is 8.77. The maximum atomic E-state index is 4.55. The lowest BCUT2D eigenvalue weighted by atomic mass is 10.1. The second kappa shape index (κ2) is 13.4. The van der Waals surface area contributed by atoms with Gasteiger partial charge in [-0.1, -0.05) is 77.7 Å². The van der Waals surface area contributed by atoms with Gasteiger partial charge in [0.05, 0.1) is 21.4 Å². The molecular weight excluding hydrogens is 356 g/mol. The summed E-state index contributed by atoms with van der Waals surface area (Å²) in [6.07, 6.45) is 0. The second-order valence-corrected chi connectivity index (χ2v) is 9.18. The van der Waals surface area contributed by atoms with Gasteiger partial charge in [-0.2, -0.15) is 0 Å². The van der Waals surface area contributed by atoms with Crippen molar-refractivity contribution in [2.24, 2.45) is 0 Å². The Labute approximate surface area is 172 Å². The summed E-state index contributed by atoms with van der Waals surface area (Å²) in [7, 11) is 0. The molecule has 2 aromatic heterocycles. The number of hydrogen-bond donors (Lipinski definition) is 0. The molecule has 2 aromatic rings. The molecule has 0 saturated heterocycles. The van der Waals surface area contributed by atoms with E-state index in [1.54, 1.807) is 11.3 Å². The summed E-state index contributed by atoms with van der Waals surface area (Å²) in [6, 6.07) is 0. The van der Waals surface area contributed by atoms with E-state index in [0.29, 0.717) is 23.7 Å². The van der Waals surface area contributed by atoms with Crippen LogP contribution in [0, 0.1) is 6.92 Å². The highest BCUT2D eigenvalue weighted by Crippen LogP contribution is 2.29. The zero-order valence-corrected chi connectivity index (χ0v) is 17.7. The molecule has 26 heavy (non-hydrogen) atoms. The Morgan fingerprint density at radius 1 is 0.692 bits per heavy atom. The summed E-state index contributed by atoms with van der Waals surface area (Å²) in [5.41, 5.74) is 2.46. The molecule has 0 amide bonds. The van der Waals surface area contributed by atoms with Crippen molar-refractivity contribution in [1.82, 2.24) is 9.97 Å². The summed E-state index contributed by atoms with van der Waals surface area (Å²) in [6.45, 7) is 19.7. The van der Waals surface area contributed by atoms with Gasteiger partial charge in [-0.15, -0.1) is 22.7 Å². The highest BCUT2D eigenvalue weighted by atomic mass is 32.1. The standard InChI is InChI=1S/C10H17NS.C9H15NS.3CH4/c1-6(2)9-8(5)11-10(12-9)7(3)4;1-6(2)8-5-11-9(10-8)7(3)4;;;/h6-7H,1-5H3;5-7H,1-4H3;3*1H4. The summed E-state index contributed by atoms with van der Waals surface area (Å²) in [4.78, 5) is 10.5. The van der Waals surface area contributed by atoms with Crippen LogP contribution in [0.1, 0.15) is 128 Å². The van der Waals surface area contributed by atoms with Gasteiger partial charge in [0, 0.05) is 22.1 Å². The number of hydrogen-bond acceptors (Lipinski definition) is 4. The molecule has 2 nitrogen and oxygen atoms in total. The second-order valence-electron chi connectivity index (χ2n) is 7.23. The maximum Gasteiger partial charge on any atom is 0.0956 e. The van der Waals surface area contributed by atoms with Gasteiger partial charge < -0.3 is 0 Å². The van der Waals surface area contributed by atoms with Crippen LogP contribution in [0.5, 0.6) is 0 Å². The lowest BCUT2D eigenvalue weighted by Crippen LogP contribution is -1.90. The monoisotopic (exact) mass is 400 g/mol. The molecule has 0 bridgehead atoms. The van der Waals surface area contributed by atoms with Gasteiger partial charge in [-0.3, -0.25) is 0 Å². The topological polar surface area (TPSA) is 25.8 Å². The van der Waals surface area contributed by atoms with Crippen LogP contribution in [0.2, 0.25) is 0 Å². The minimum atomic E-state index is 0. The van der Waals surface area contributed by atoms with E-state index in [-0.39, 0.29) is 22.3 Å². The summed E-state index contributed by atoms with van der Waals surface area (Å²) in [5.74, 6) is 2.34. The molecule has 0 fully saturated rings. The molecule has 0 atom stereocenters. The molecule has 0 aromatic carbocycles. The fraction of sp³-hybridized carbons (Fsp3) is 0.727. The SMILES string of the molecule is C.C.C.CC(C)c1csc(C(C)C)n1.Cc1nc(C(C)C)sc1C(C)C. The van der Waals surface area contributed by atoms with E-state index >= 15 is 0 Å². The van der Waals surface area contributed by atoms with E-state index in [2.05, 4.69) is 77.7 Å². The van der Waals surface area contributed by atoms with Crippen LogP contribution in [0.25, 0.3) is 0 Å². The van der Waals surface area contributed by atoms with Crippen molar-refractivity contribution >= 4 is 22.7 Å². The number of thiazole rings is 2. The van der Waals surface area contributed by atoms with Gasteiger partial charge in [-0.05, 0) is 18.8 Å². The average molecular weight is 401 g/mol. The van der Waals surface area contributed by atoms with Crippen molar-refractivity contribution < 1.29 is 0 Å². The first-order chi connectivity index (χ1) is 10.6. The van der Waals surface area contributed by atoms with E-state index in [1.165, 1.54) is 26.3 Å². The molecule has 0 aliphatic rings. The zero-order valence-electron chi connectivity index (χ0n) is 16.1. The molecule has 0 aliphatic carbocycles. The molecular formula is C22H44N2S2. The van der Waals surface area contributed by atoms with Gasteiger partial charge in [0.1, 0.15) is 0 Å². The van der Waals surface area contributed by atoms with Crippen molar-refractivity contribution in [3.8, 4) is 0 Å². The predicted octanol–water partition coefficient (Wildman–Crippen LogP) is 9.00. The Kier molecular flexibility index (Phi) is 15.5. The van der Waals surface area contributed by atoms with Crippen LogP contribution < -0.4 is 0 Å². The zero-order chi connectivity index (χ0) is 17.7. The highest BCUT2D eigenvalue weighted by Gasteiger charge is 2.12. The van der Waals surface area contributed by atoms with Crippen molar-refractivity contribution in [1.29, 1.82) is 0 Å². The summed E-state index contributed by atoms with van der Waals surface area (Å²) >= 11 is 3.64. The Morgan fingerprint density at radius 3 is 1.42 bits per heavy atom. The summed E-state index contributed by atoms with van der Waals surface area (Å²) in [5, 5.41) is 4.70. The molecule has 154 valence electrons. The van der Waals surface area contributed by atoms with Crippen molar-refractivity contribution in [2.45, 2.75) is 108 Å². The van der Waals surface area contributed by atoms with Gasteiger partial charge >= 0.3 is 0 Å². The minimum Gasteiger partial charge on any atom is -0.246 e. The first-order valence-electron chi connectivity index (χ1n) is 8.55. The van der Waals surface area contributed by atoms with E-state index < -0.39 is 0 Å². The van der Waals surface area contributed by atoms with Crippen LogP contribution >= 0.6 is 22.7 Å². The predicted molar refractivity (Wildman–Crippen MR) is 126 cm³/mol. The van der Waals surface area contributed by atoms with Crippen LogP contribution in [-0.2, 0) is 0 Å². The largest absolute Gasteiger partial charge is 0.246 e. The number of aryl methyl sites for hydroxylation is 1. The van der Waals surface area contributed by atoms with E-state index in [9.17, 15) is 0 Å². The fourth-order valence-electron chi connectivity index (χ4n) is 2.04. The first kappa shape index (κ1) is 30.0. The Balaban J connectivity index is -0.000000366. The quantitative estimate of drug-likeness (QED) is 0.511. The van der Waals surface area contributed by atoms with Gasteiger partial charge in [0.2, 0.25) is 0 Å². The first-order valence-corrected chi connectivity index (χ1v) is 10.3. The van der Waals surface area contributed by atoms with E-state index in [0.717, 1.165) is 0 Å². The fourth-order valence-corrected chi connectivity index (χ4v) is 4.11. The van der Waals surface area contributed by atoms with Crippen LogP contribution in [-0.4, -0.2) is 9.97 Å². The Morgan fingerprint density at radius 2 is 1.19 bits per heavy atom. The molecule has 2 heterocycles. The maximum absolute atomic E-state index is 4.55. The van der Waals surface area contributed by atoms with Gasteiger partial charge in [-0.25, -0.2) is 9.97 Å². The molecule has 0 spiro atoms. The summed E-state index contributed by atoms with van der Waals surface area (Å²) < 4.78 is 0. The lowest BCUT2D eigenvalue weighted by Gasteiger charge is -1.99. The van der Waals surface area contributed by atoms with Crippen molar-refractivity contribution in [3.05, 3.63) is 31.7 Å². The number of aromatic nitrogens is 2. The van der Waals surface area contributed by atoms with Crippen LogP contribution in [0.3, 0.4) is 0 Å². The number of nitrogens with zero attached hydrogens (tertiary/aromatic N) is 2. The molecule has 2 rings (SSSR count). The molecule has 4 heteroatoms. The van der Waals surface area contributed by atoms with Crippen molar-refractivity contribution in [3.63, 3.8) is 0 Å². The molecule has 0 saturated carbocycles. The highest BCUT2D eigenvalue weighted by molar-refractivity contribution is 7.12. The minimum absolute atomic E-state index is 0. The van der Waals surface area contributed by atoms with Crippen molar-refractivity contribution in [2.75, 3.05) is 0 Å². The molecule has 0 unspecified atom stereocenters. The Hall–Kier alpha value is -0.740. The molecule has 0 radical (unpaired) electrons. The van der Waals surface area contributed by atoms with Gasteiger partial charge in [0.25, 0.3) is 0 Å². The van der Waals surface area contributed by atoms with Crippen LogP contribution in [0.15, 0.2) is 5.38 Å².